The highest BCUT2D eigenvalue weighted by atomic mass is 16.3. The van der Waals surface area contributed by atoms with Crippen LogP contribution in [0.3, 0.4) is 0 Å². The van der Waals surface area contributed by atoms with Crippen molar-refractivity contribution in [1.29, 1.82) is 0 Å². The number of Topliss-reactive ketones (excluding diaryl/α,β-unsaturated/α-hetero) is 3. The first-order valence-electron chi connectivity index (χ1n) is 32.7. The van der Waals surface area contributed by atoms with Crippen LogP contribution in [0.1, 0.15) is 156 Å². The zero-order valence-corrected chi connectivity index (χ0v) is 55.2. The number of likely N-dealkylation sites (N-methyl/N-ethyl adjacent to an activating group) is 2. The number of ketones is 3. The van der Waals surface area contributed by atoms with Crippen LogP contribution in [0.4, 0.5) is 22.7 Å². The minimum absolute atomic E-state index is 0.0507. The molecular formula is C78H85N6O6-. The van der Waals surface area contributed by atoms with Crippen molar-refractivity contribution < 1.29 is 39.7 Å². The summed E-state index contributed by atoms with van der Waals surface area (Å²) in [4.78, 5) is 57.5. The number of benzene rings is 6. The van der Waals surface area contributed by atoms with Gasteiger partial charge in [0.1, 0.15) is 0 Å². The molecule has 12 nitrogen and oxygen atoms in total. The fourth-order valence-corrected chi connectivity index (χ4v) is 16.6. The smallest absolute Gasteiger partial charge is 0.235 e. The molecule has 4 N–H and O–H groups in total. The van der Waals surface area contributed by atoms with Crippen LogP contribution in [0.25, 0.3) is 43.8 Å². The highest BCUT2D eigenvalue weighted by Crippen LogP contribution is 2.52. The maximum Gasteiger partial charge on any atom is 0.235 e. The van der Waals surface area contributed by atoms with Crippen molar-refractivity contribution in [2.24, 2.45) is 29.6 Å². The van der Waals surface area contributed by atoms with Gasteiger partial charge in [-0.3, -0.25) is 14.4 Å². The predicted octanol–water partition coefficient (Wildman–Crippen LogP) is 6.96. The second-order valence-corrected chi connectivity index (χ2v) is 29.5. The summed E-state index contributed by atoms with van der Waals surface area (Å²) in [5.74, 6) is -2.13. The van der Waals surface area contributed by atoms with Gasteiger partial charge in [-0.05, 0) is 110 Å². The summed E-state index contributed by atoms with van der Waals surface area (Å²) in [7, 11) is 0. The van der Waals surface area contributed by atoms with Crippen molar-refractivity contribution >= 4 is 83.9 Å². The lowest BCUT2D eigenvalue weighted by Gasteiger charge is -2.39. The largest absolute Gasteiger partial charge is 0.874 e. The number of carbonyl (C=O) groups is 3. The summed E-state index contributed by atoms with van der Waals surface area (Å²) in [6.07, 6.45) is 6.28. The standard InChI is InChI=1S/C78H86N6O6/c1-17-83-55-29-19-43(11)31-53(55)75(13,14)57(83)33-51-69(85)61(70(51)86)47-25-21-45-23-27-49(67-59(45)65(47)79-77(81-67,35-39(3)4)36-40(5)6)63-73(89)64(74(63)90)50-28-24-46-22-26-48(66-60(46)68(50)82-78(80-66,37-41(7)8)38-42(9)10)62-71(87)52(72(62)88)34-58-76(15,16)54-32-44(12)20-30-56(54)84(58)18-2/h19-34,39-42,51,79,82,85,87,89H,17-18,35-38H2,1-16H3/p-1/b57-33-,58-34-,62-48-,63-49-. The molecule has 6 aromatic carbocycles. The van der Waals surface area contributed by atoms with Gasteiger partial charge in [-0.1, -0.05) is 166 Å². The summed E-state index contributed by atoms with van der Waals surface area (Å²) < 4.78 is 0. The van der Waals surface area contributed by atoms with Crippen molar-refractivity contribution in [3.05, 3.63) is 186 Å². The van der Waals surface area contributed by atoms with Gasteiger partial charge in [0.2, 0.25) is 22.0 Å². The molecule has 0 bridgehead atoms. The maximum absolute atomic E-state index is 15.6. The Morgan fingerprint density at radius 3 is 1.38 bits per heavy atom. The third kappa shape index (κ3) is 8.98. The molecule has 0 amide bonds. The summed E-state index contributed by atoms with van der Waals surface area (Å²) in [6, 6.07) is 28.0. The van der Waals surface area contributed by atoms with Crippen LogP contribution in [0.5, 0.6) is 0 Å². The average molecular weight is 1200 g/mol. The highest BCUT2D eigenvalue weighted by Gasteiger charge is 2.48. The molecule has 464 valence electrons. The molecule has 0 aromatic heterocycles. The molecular weight excluding hydrogens is 1120 g/mol. The average Bonchev–Trinajstić information content (AvgIpc) is 0.967. The second-order valence-electron chi connectivity index (χ2n) is 29.5. The third-order valence-corrected chi connectivity index (χ3v) is 20.2. The van der Waals surface area contributed by atoms with E-state index in [0.717, 1.165) is 50.2 Å². The normalized spacial score (nSPS) is 22.0. The van der Waals surface area contributed by atoms with Crippen LogP contribution < -0.4 is 66.9 Å². The maximum atomic E-state index is 15.6. The predicted molar refractivity (Wildman–Crippen MR) is 354 cm³/mol. The molecule has 13 rings (SSSR count). The summed E-state index contributed by atoms with van der Waals surface area (Å²) in [6.45, 7) is 35.6. The SMILES string of the molecule is CCN1/C(=C\C2=C([O-])C(=c3\ccc4ccc(C5=C([O-])/C(=c6\ccc7ccc(C8=C([O-])C(/C=C9\N(CC)c%10ccc(C)cc%10C9(C)C)C8=O)c8c7c6=[NH+]C(CC(C)C)(CC(C)C)N8)C5=O)c5c4c3=[NH+]C(CC(C)C)(CC(C)C)N5)/C2=O)C(C)(C)c2cc(C)ccc21. The molecule has 1 atom stereocenters. The lowest BCUT2D eigenvalue weighted by atomic mass is 9.74. The van der Waals surface area contributed by atoms with Gasteiger partial charge in [-0.15, -0.1) is 5.76 Å². The molecule has 0 saturated heterocycles. The molecule has 0 fully saturated rings. The zero-order chi connectivity index (χ0) is 64.3. The van der Waals surface area contributed by atoms with E-state index in [1.807, 2.05) is 60.7 Å². The van der Waals surface area contributed by atoms with Crippen LogP contribution >= 0.6 is 0 Å². The van der Waals surface area contributed by atoms with Gasteiger partial charge < -0.3 is 35.8 Å². The number of hydrogen-bond acceptors (Lipinski definition) is 10. The number of nitrogens with zero attached hydrogens (tertiary/aromatic N) is 2. The van der Waals surface area contributed by atoms with E-state index in [0.29, 0.717) is 93.2 Å². The lowest BCUT2D eigenvalue weighted by molar-refractivity contribution is -0.589. The molecule has 12 heteroatoms. The van der Waals surface area contributed by atoms with Gasteiger partial charge >= 0.3 is 0 Å². The zero-order valence-electron chi connectivity index (χ0n) is 55.2. The first-order valence-corrected chi connectivity index (χ1v) is 32.7. The van der Waals surface area contributed by atoms with Crippen LogP contribution in [0.15, 0.2) is 131 Å². The number of anilines is 4. The molecule has 4 heterocycles. The van der Waals surface area contributed by atoms with E-state index in [2.05, 4.69) is 178 Å². The van der Waals surface area contributed by atoms with Gasteiger partial charge in [-0.25, -0.2) is 9.98 Å². The fraction of sp³-hybridized carbons (Fsp3) is 0.397. The first kappa shape index (κ1) is 60.4. The summed E-state index contributed by atoms with van der Waals surface area (Å²) >= 11 is 0. The van der Waals surface area contributed by atoms with E-state index in [1.54, 1.807) is 0 Å². The Hall–Kier alpha value is -8.51. The van der Waals surface area contributed by atoms with E-state index < -0.39 is 39.6 Å². The molecule has 0 radical (unpaired) electrons. The number of allylic oxidation sites excluding steroid dienone is 9. The Balaban J connectivity index is 0.993. The molecule has 4 aliphatic heterocycles. The van der Waals surface area contributed by atoms with E-state index in [9.17, 15) is 19.8 Å². The Morgan fingerprint density at radius 1 is 0.533 bits per heavy atom. The minimum Gasteiger partial charge on any atom is -0.874 e. The summed E-state index contributed by atoms with van der Waals surface area (Å²) in [5.41, 5.74) is 8.84. The number of fused-ring (bicyclic) bond motifs is 2. The Bertz CT molecular complexity index is 4660. The topological polar surface area (TPSA) is 179 Å². The van der Waals surface area contributed by atoms with Crippen LogP contribution in [-0.4, -0.2) is 41.8 Å². The number of rotatable bonds is 14. The van der Waals surface area contributed by atoms with Gasteiger partial charge in [0.05, 0.1) is 38.5 Å². The van der Waals surface area contributed by atoms with Crippen LogP contribution in [0.2, 0.25) is 0 Å². The number of hydrogen-bond donors (Lipinski definition) is 4. The monoisotopic (exact) mass is 1200 g/mol. The summed E-state index contributed by atoms with van der Waals surface area (Å²) in [5, 5.41) is 58.3. The Labute approximate surface area is 528 Å². The van der Waals surface area contributed by atoms with E-state index >= 15 is 9.90 Å². The van der Waals surface area contributed by atoms with Crippen LogP contribution in [-0.2, 0) is 25.2 Å². The van der Waals surface area contributed by atoms with Gasteiger partial charge in [0, 0.05) is 111 Å². The lowest BCUT2D eigenvalue weighted by Crippen LogP contribution is -2.96. The number of carbonyl (C=O) groups excluding carboxylic acids is 3. The molecule has 0 spiro atoms. The third-order valence-electron chi connectivity index (χ3n) is 20.2. The molecule has 3 aliphatic carbocycles. The molecule has 7 aliphatic rings. The molecule has 0 saturated carbocycles. The van der Waals surface area contributed by atoms with Gasteiger partial charge in [-0.2, -0.15) is 0 Å². The Kier molecular flexibility index (Phi) is 14.1. The van der Waals surface area contributed by atoms with Crippen molar-refractivity contribution in [3.63, 3.8) is 0 Å². The van der Waals surface area contributed by atoms with Crippen molar-refractivity contribution in [1.82, 2.24) is 0 Å². The van der Waals surface area contributed by atoms with E-state index in [1.165, 1.54) is 5.56 Å². The van der Waals surface area contributed by atoms with Gasteiger partial charge in [0.15, 0.2) is 17.3 Å². The molecule has 6 aromatic rings. The highest BCUT2D eigenvalue weighted by molar-refractivity contribution is 6.52. The second kappa shape index (κ2) is 21.0. The minimum atomic E-state index is -0.948. The molecule has 90 heavy (non-hydrogen) atoms. The van der Waals surface area contributed by atoms with Crippen molar-refractivity contribution in [3.8, 4) is 0 Å². The van der Waals surface area contributed by atoms with E-state index in [-0.39, 0.29) is 74.6 Å². The first-order chi connectivity index (χ1) is 42.5. The fourth-order valence-electron chi connectivity index (χ4n) is 16.6. The Morgan fingerprint density at radius 2 is 0.956 bits per heavy atom. The van der Waals surface area contributed by atoms with E-state index in [4.69, 9.17) is 0 Å². The van der Waals surface area contributed by atoms with Crippen molar-refractivity contribution in [2.75, 3.05) is 33.5 Å². The molecule has 1 unspecified atom stereocenters. The number of nitrogens with one attached hydrogen (secondary N) is 4. The quantitative estimate of drug-likeness (QED) is 0.0891. The van der Waals surface area contributed by atoms with Gasteiger partial charge in [0.25, 0.3) is 0 Å². The van der Waals surface area contributed by atoms with Crippen LogP contribution in [0, 0.1) is 43.4 Å². The van der Waals surface area contributed by atoms with Crippen molar-refractivity contribution in [2.45, 2.75) is 159 Å². The number of aryl methyl sites for hydroxylation is 2.